The van der Waals surface area contributed by atoms with Crippen LogP contribution in [0.25, 0.3) is 11.3 Å². The molecule has 0 saturated heterocycles. The molecule has 1 aliphatic rings. The number of amides is 1. The van der Waals surface area contributed by atoms with E-state index in [-0.39, 0.29) is 17.4 Å². The largest absolute Gasteiger partial charge is 0.481 e. The Bertz CT molecular complexity index is 647. The van der Waals surface area contributed by atoms with Gasteiger partial charge in [0, 0.05) is 24.4 Å². The second kappa shape index (κ2) is 5.43. The Kier molecular flexibility index (Phi) is 3.47. The number of carbonyl (C=O) groups is 1. The average Bonchev–Trinajstić information content (AvgIpc) is 3.26. The van der Waals surface area contributed by atoms with Gasteiger partial charge in [0.05, 0.1) is 7.11 Å². The minimum absolute atomic E-state index is 0.00844. The molecule has 1 fully saturated rings. The number of rotatable bonds is 5. The van der Waals surface area contributed by atoms with E-state index in [1.807, 2.05) is 0 Å². The molecule has 0 aliphatic heterocycles. The monoisotopic (exact) mass is 288 g/mol. The van der Waals surface area contributed by atoms with Crippen LogP contribution in [0.15, 0.2) is 22.9 Å². The number of hydrogen-bond donors (Lipinski definition) is 2. The maximum Gasteiger partial charge on any atom is 0.259 e. The van der Waals surface area contributed by atoms with Crippen LogP contribution in [0.3, 0.4) is 0 Å². The molecule has 2 aromatic heterocycles. The van der Waals surface area contributed by atoms with Gasteiger partial charge in [0.2, 0.25) is 11.8 Å². The van der Waals surface area contributed by atoms with E-state index < -0.39 is 0 Å². The standard InChI is InChI=1S/C14H16N4O3/c1-20-10-5-4-9(7-16-10)12-11(13(15)21-18-12)14(19)17-6-8-2-3-8/h4-5,7-8H,2-3,6,15H2,1H3,(H,17,19). The highest BCUT2D eigenvalue weighted by Crippen LogP contribution is 2.29. The van der Waals surface area contributed by atoms with Crippen LogP contribution in [0, 0.1) is 5.92 Å². The molecule has 2 heterocycles. The first-order valence-corrected chi connectivity index (χ1v) is 6.72. The number of nitrogens with zero attached hydrogens (tertiary/aromatic N) is 2. The SMILES string of the molecule is COc1ccc(-c2noc(N)c2C(=O)NCC2CC2)cn1. The predicted molar refractivity (Wildman–Crippen MR) is 75.8 cm³/mol. The van der Waals surface area contributed by atoms with Crippen LogP contribution in [0.4, 0.5) is 5.88 Å². The van der Waals surface area contributed by atoms with Crippen molar-refractivity contribution in [3.63, 3.8) is 0 Å². The van der Waals surface area contributed by atoms with Crippen molar-refractivity contribution in [1.29, 1.82) is 0 Å². The molecule has 0 atom stereocenters. The lowest BCUT2D eigenvalue weighted by Gasteiger charge is -2.05. The Labute approximate surface area is 121 Å². The summed E-state index contributed by atoms with van der Waals surface area (Å²) in [7, 11) is 1.53. The summed E-state index contributed by atoms with van der Waals surface area (Å²) >= 11 is 0. The van der Waals surface area contributed by atoms with Gasteiger partial charge < -0.3 is 20.3 Å². The lowest BCUT2D eigenvalue weighted by atomic mass is 10.1. The summed E-state index contributed by atoms with van der Waals surface area (Å²) < 4.78 is 9.96. The second-order valence-electron chi connectivity index (χ2n) is 5.01. The molecule has 0 aromatic carbocycles. The van der Waals surface area contributed by atoms with Crippen molar-refractivity contribution in [3.05, 3.63) is 23.9 Å². The van der Waals surface area contributed by atoms with Crippen LogP contribution >= 0.6 is 0 Å². The maximum atomic E-state index is 12.2. The summed E-state index contributed by atoms with van der Waals surface area (Å²) in [6, 6.07) is 3.44. The Morgan fingerprint density at radius 3 is 2.95 bits per heavy atom. The van der Waals surface area contributed by atoms with E-state index in [1.165, 1.54) is 7.11 Å². The topological polar surface area (TPSA) is 103 Å². The lowest BCUT2D eigenvalue weighted by molar-refractivity contribution is 0.0953. The van der Waals surface area contributed by atoms with Gasteiger partial charge in [0.15, 0.2) is 0 Å². The molecular weight excluding hydrogens is 272 g/mol. The van der Waals surface area contributed by atoms with Gasteiger partial charge in [-0.15, -0.1) is 0 Å². The highest BCUT2D eigenvalue weighted by Gasteiger charge is 2.26. The van der Waals surface area contributed by atoms with Gasteiger partial charge >= 0.3 is 0 Å². The summed E-state index contributed by atoms with van der Waals surface area (Å²) in [5.74, 6) is 0.802. The summed E-state index contributed by atoms with van der Waals surface area (Å²) in [4.78, 5) is 16.3. The number of anilines is 1. The van der Waals surface area contributed by atoms with Crippen LogP contribution in [0.2, 0.25) is 0 Å². The second-order valence-corrected chi connectivity index (χ2v) is 5.01. The molecule has 0 spiro atoms. The van der Waals surface area contributed by atoms with E-state index in [9.17, 15) is 4.79 Å². The first kappa shape index (κ1) is 13.4. The van der Waals surface area contributed by atoms with Crippen molar-refractivity contribution in [1.82, 2.24) is 15.5 Å². The number of carbonyl (C=O) groups excluding carboxylic acids is 1. The Hall–Kier alpha value is -2.57. The van der Waals surface area contributed by atoms with E-state index in [4.69, 9.17) is 15.0 Å². The fraction of sp³-hybridized carbons (Fsp3) is 0.357. The molecule has 1 saturated carbocycles. The number of pyridine rings is 1. The normalized spacial score (nSPS) is 14.0. The van der Waals surface area contributed by atoms with Gasteiger partial charge in [-0.05, 0) is 24.8 Å². The van der Waals surface area contributed by atoms with E-state index in [2.05, 4.69) is 15.5 Å². The Morgan fingerprint density at radius 1 is 1.52 bits per heavy atom. The number of methoxy groups -OCH3 is 1. The van der Waals surface area contributed by atoms with E-state index >= 15 is 0 Å². The maximum absolute atomic E-state index is 12.2. The van der Waals surface area contributed by atoms with Crippen LogP contribution < -0.4 is 15.8 Å². The molecular formula is C14H16N4O3. The molecule has 21 heavy (non-hydrogen) atoms. The molecule has 7 nitrogen and oxygen atoms in total. The number of nitrogens with one attached hydrogen (secondary N) is 1. The zero-order chi connectivity index (χ0) is 14.8. The number of ether oxygens (including phenoxy) is 1. The van der Waals surface area contributed by atoms with Crippen LogP contribution in [-0.4, -0.2) is 29.7 Å². The molecule has 3 rings (SSSR count). The zero-order valence-corrected chi connectivity index (χ0v) is 11.6. The quantitative estimate of drug-likeness (QED) is 0.863. The molecule has 0 unspecified atom stereocenters. The average molecular weight is 288 g/mol. The van der Waals surface area contributed by atoms with Crippen LogP contribution in [0.5, 0.6) is 5.88 Å². The number of aromatic nitrogens is 2. The molecule has 1 amide bonds. The molecule has 0 bridgehead atoms. The highest BCUT2D eigenvalue weighted by molar-refractivity contribution is 6.03. The van der Waals surface area contributed by atoms with Crippen molar-refractivity contribution in [2.75, 3.05) is 19.4 Å². The Balaban J connectivity index is 1.85. The molecule has 110 valence electrons. The minimum Gasteiger partial charge on any atom is -0.481 e. The minimum atomic E-state index is -0.272. The smallest absolute Gasteiger partial charge is 0.259 e. The third-order valence-electron chi connectivity index (χ3n) is 3.41. The van der Waals surface area contributed by atoms with Gasteiger partial charge in [-0.2, -0.15) is 0 Å². The van der Waals surface area contributed by atoms with Gasteiger partial charge in [-0.1, -0.05) is 5.16 Å². The van der Waals surface area contributed by atoms with Crippen molar-refractivity contribution in [3.8, 4) is 17.1 Å². The van der Waals surface area contributed by atoms with Crippen molar-refractivity contribution in [2.45, 2.75) is 12.8 Å². The zero-order valence-electron chi connectivity index (χ0n) is 11.6. The van der Waals surface area contributed by atoms with Crippen LogP contribution in [-0.2, 0) is 0 Å². The summed E-state index contributed by atoms with van der Waals surface area (Å²) in [5.41, 5.74) is 7.01. The van der Waals surface area contributed by atoms with Gasteiger partial charge in [-0.25, -0.2) is 4.98 Å². The fourth-order valence-electron chi connectivity index (χ4n) is 2.01. The molecule has 3 N–H and O–H groups in total. The van der Waals surface area contributed by atoms with Crippen LogP contribution in [0.1, 0.15) is 23.2 Å². The molecule has 2 aromatic rings. The molecule has 1 aliphatic carbocycles. The molecule has 7 heteroatoms. The molecule has 0 radical (unpaired) electrons. The number of hydrogen-bond acceptors (Lipinski definition) is 6. The fourth-order valence-corrected chi connectivity index (χ4v) is 2.01. The number of nitrogens with two attached hydrogens (primary N) is 1. The first-order valence-electron chi connectivity index (χ1n) is 6.72. The van der Waals surface area contributed by atoms with E-state index in [0.29, 0.717) is 29.6 Å². The summed E-state index contributed by atoms with van der Waals surface area (Å²) in [6.07, 6.45) is 3.89. The lowest BCUT2D eigenvalue weighted by Crippen LogP contribution is -2.26. The van der Waals surface area contributed by atoms with Crippen molar-refractivity contribution >= 4 is 11.8 Å². The van der Waals surface area contributed by atoms with E-state index in [1.54, 1.807) is 18.3 Å². The summed E-state index contributed by atoms with van der Waals surface area (Å²) in [5, 5.41) is 6.72. The van der Waals surface area contributed by atoms with Gasteiger partial charge in [0.25, 0.3) is 5.91 Å². The third-order valence-corrected chi connectivity index (χ3v) is 3.41. The van der Waals surface area contributed by atoms with Gasteiger partial charge in [0.1, 0.15) is 11.3 Å². The first-order chi connectivity index (χ1) is 10.2. The van der Waals surface area contributed by atoms with Crippen molar-refractivity contribution in [2.24, 2.45) is 5.92 Å². The number of nitrogen functional groups attached to an aromatic ring is 1. The predicted octanol–water partition coefficient (Wildman–Crippen LogP) is 1.47. The highest BCUT2D eigenvalue weighted by atomic mass is 16.5. The van der Waals surface area contributed by atoms with E-state index in [0.717, 1.165) is 12.8 Å². The third kappa shape index (κ3) is 2.81. The van der Waals surface area contributed by atoms with Crippen molar-refractivity contribution < 1.29 is 14.1 Å². The summed E-state index contributed by atoms with van der Waals surface area (Å²) in [6.45, 7) is 0.657. The Morgan fingerprint density at radius 2 is 2.33 bits per heavy atom. The van der Waals surface area contributed by atoms with Gasteiger partial charge in [-0.3, -0.25) is 4.79 Å².